The molecule has 1 heterocycles. The average molecular weight is 289 g/mol. The Hall–Kier alpha value is -1.89. The fourth-order valence-electron chi connectivity index (χ4n) is 1.42. The normalized spacial score (nSPS) is 11.4. The first-order valence-corrected chi connectivity index (χ1v) is 6.02. The van der Waals surface area contributed by atoms with E-state index in [9.17, 15) is 22.4 Å². The molecule has 0 aliphatic heterocycles. The number of carbonyl (C=O) groups is 1. The third-order valence-electron chi connectivity index (χ3n) is 2.31. The second-order valence-electron chi connectivity index (χ2n) is 3.66. The molecule has 0 unspecified atom stereocenters. The van der Waals surface area contributed by atoms with Gasteiger partial charge < -0.3 is 5.32 Å². The molecule has 0 aliphatic rings. The number of hydrogen-bond donors (Lipinski definition) is 1. The Morgan fingerprint density at radius 1 is 1.21 bits per heavy atom. The van der Waals surface area contributed by atoms with Gasteiger partial charge in [-0.3, -0.25) is 4.79 Å². The van der Waals surface area contributed by atoms with Crippen LogP contribution in [0.15, 0.2) is 35.0 Å². The minimum Gasteiger partial charge on any atom is -0.321 e. The molecule has 1 aromatic heterocycles. The van der Waals surface area contributed by atoms with Gasteiger partial charge in [0.05, 0.1) is 11.3 Å². The second kappa shape index (κ2) is 5.00. The summed E-state index contributed by atoms with van der Waals surface area (Å²) < 4.78 is 50.6. The largest absolute Gasteiger partial charge is 0.419 e. The lowest BCUT2D eigenvalue weighted by Crippen LogP contribution is -2.14. The molecule has 1 aromatic carbocycles. The zero-order chi connectivity index (χ0) is 14.0. The van der Waals surface area contributed by atoms with Gasteiger partial charge in [0.1, 0.15) is 5.82 Å². The first-order valence-electron chi connectivity index (χ1n) is 5.08. The number of thiophene rings is 1. The highest BCUT2D eigenvalue weighted by molar-refractivity contribution is 7.08. The monoisotopic (exact) mass is 289 g/mol. The maximum absolute atomic E-state index is 13.1. The highest BCUT2D eigenvalue weighted by atomic mass is 32.1. The molecule has 1 N–H and O–H groups in total. The lowest BCUT2D eigenvalue weighted by atomic mass is 10.1. The van der Waals surface area contributed by atoms with E-state index in [1.54, 1.807) is 16.8 Å². The van der Waals surface area contributed by atoms with Crippen molar-refractivity contribution in [1.82, 2.24) is 0 Å². The molecule has 0 bridgehead atoms. The maximum Gasteiger partial charge on any atom is 0.419 e. The third kappa shape index (κ3) is 3.11. The zero-order valence-corrected chi connectivity index (χ0v) is 10.1. The number of amides is 1. The van der Waals surface area contributed by atoms with Gasteiger partial charge in [0.15, 0.2) is 0 Å². The molecule has 2 rings (SSSR count). The molecule has 19 heavy (non-hydrogen) atoms. The summed E-state index contributed by atoms with van der Waals surface area (Å²) in [6.45, 7) is 0. The minimum absolute atomic E-state index is 0.250. The van der Waals surface area contributed by atoms with Crippen LogP contribution in [0.3, 0.4) is 0 Å². The van der Waals surface area contributed by atoms with Crippen LogP contribution in [0, 0.1) is 5.82 Å². The van der Waals surface area contributed by atoms with Crippen LogP contribution in [0.25, 0.3) is 0 Å². The molecular weight excluding hydrogens is 282 g/mol. The lowest BCUT2D eigenvalue weighted by molar-refractivity contribution is -0.140. The predicted molar refractivity (Wildman–Crippen MR) is 63.7 cm³/mol. The molecular formula is C12H7F4NOS. The lowest BCUT2D eigenvalue weighted by Gasteiger charge is -2.10. The maximum atomic E-state index is 13.1. The zero-order valence-electron chi connectivity index (χ0n) is 9.29. The van der Waals surface area contributed by atoms with Crippen LogP contribution in [0.4, 0.5) is 23.2 Å². The SMILES string of the molecule is O=C(Nc1ccsc1)c1ccc(F)c(C(F)(F)F)c1. The van der Waals surface area contributed by atoms with Crippen LogP contribution in [0.5, 0.6) is 0 Å². The standard InChI is InChI=1S/C12H7F4NOS/c13-10-2-1-7(5-9(10)12(14,15)16)11(18)17-8-3-4-19-6-8/h1-6H,(H,17,18). The summed E-state index contributed by atoms with van der Waals surface area (Å²) in [5.74, 6) is -2.12. The van der Waals surface area contributed by atoms with Crippen molar-refractivity contribution < 1.29 is 22.4 Å². The van der Waals surface area contributed by atoms with Crippen LogP contribution in [-0.4, -0.2) is 5.91 Å². The van der Waals surface area contributed by atoms with Gasteiger partial charge in [-0.05, 0) is 29.6 Å². The Morgan fingerprint density at radius 3 is 2.53 bits per heavy atom. The van der Waals surface area contributed by atoms with Crippen molar-refractivity contribution >= 4 is 22.9 Å². The summed E-state index contributed by atoms with van der Waals surface area (Å²) in [4.78, 5) is 11.7. The molecule has 2 aromatic rings. The van der Waals surface area contributed by atoms with E-state index >= 15 is 0 Å². The molecule has 2 nitrogen and oxygen atoms in total. The number of anilines is 1. The predicted octanol–water partition coefficient (Wildman–Crippen LogP) is 4.16. The Balaban J connectivity index is 2.28. The van der Waals surface area contributed by atoms with Crippen molar-refractivity contribution in [3.05, 3.63) is 52.0 Å². The topological polar surface area (TPSA) is 29.1 Å². The summed E-state index contributed by atoms with van der Waals surface area (Å²) >= 11 is 1.33. The molecule has 0 aliphatic carbocycles. The van der Waals surface area contributed by atoms with Gasteiger partial charge >= 0.3 is 6.18 Å². The number of carbonyl (C=O) groups excluding carboxylic acids is 1. The van der Waals surface area contributed by atoms with E-state index in [4.69, 9.17) is 0 Å². The molecule has 0 saturated heterocycles. The van der Waals surface area contributed by atoms with Crippen molar-refractivity contribution in [3.8, 4) is 0 Å². The fourth-order valence-corrected chi connectivity index (χ4v) is 2.01. The first-order chi connectivity index (χ1) is 8.88. The first kappa shape index (κ1) is 13.5. The summed E-state index contributed by atoms with van der Waals surface area (Å²) in [7, 11) is 0. The minimum atomic E-state index is -4.83. The van der Waals surface area contributed by atoms with E-state index in [0.29, 0.717) is 17.8 Å². The Bertz CT molecular complexity index is 592. The Kier molecular flexibility index (Phi) is 3.57. The van der Waals surface area contributed by atoms with Crippen molar-refractivity contribution in [2.75, 3.05) is 5.32 Å². The smallest absolute Gasteiger partial charge is 0.321 e. The number of alkyl halides is 3. The summed E-state index contributed by atoms with van der Waals surface area (Å²) in [5.41, 5.74) is -1.22. The van der Waals surface area contributed by atoms with E-state index in [1.807, 2.05) is 0 Å². The van der Waals surface area contributed by atoms with Crippen LogP contribution < -0.4 is 5.32 Å². The number of rotatable bonds is 2. The van der Waals surface area contributed by atoms with E-state index in [-0.39, 0.29) is 5.56 Å². The summed E-state index contributed by atoms with van der Waals surface area (Å²) in [5, 5.41) is 5.76. The van der Waals surface area contributed by atoms with Crippen LogP contribution in [-0.2, 0) is 6.18 Å². The highest BCUT2D eigenvalue weighted by Gasteiger charge is 2.34. The van der Waals surface area contributed by atoms with Crippen molar-refractivity contribution in [3.63, 3.8) is 0 Å². The van der Waals surface area contributed by atoms with E-state index in [2.05, 4.69) is 5.32 Å². The van der Waals surface area contributed by atoms with E-state index in [1.165, 1.54) is 11.3 Å². The van der Waals surface area contributed by atoms with Gasteiger partial charge in [-0.15, -0.1) is 0 Å². The molecule has 1 amide bonds. The quantitative estimate of drug-likeness (QED) is 0.826. The molecule has 0 fully saturated rings. The van der Waals surface area contributed by atoms with Crippen molar-refractivity contribution in [2.45, 2.75) is 6.18 Å². The van der Waals surface area contributed by atoms with Crippen LogP contribution >= 0.6 is 11.3 Å². The van der Waals surface area contributed by atoms with E-state index < -0.39 is 23.5 Å². The van der Waals surface area contributed by atoms with Crippen LogP contribution in [0.1, 0.15) is 15.9 Å². The Morgan fingerprint density at radius 2 is 1.95 bits per heavy atom. The van der Waals surface area contributed by atoms with Crippen LogP contribution in [0.2, 0.25) is 0 Å². The number of nitrogens with one attached hydrogen (secondary N) is 1. The highest BCUT2D eigenvalue weighted by Crippen LogP contribution is 2.32. The molecule has 7 heteroatoms. The molecule has 100 valence electrons. The molecule has 0 spiro atoms. The second-order valence-corrected chi connectivity index (χ2v) is 4.44. The van der Waals surface area contributed by atoms with Crippen molar-refractivity contribution in [2.24, 2.45) is 0 Å². The van der Waals surface area contributed by atoms with Gasteiger partial charge in [0.25, 0.3) is 5.91 Å². The number of benzene rings is 1. The number of halogens is 4. The van der Waals surface area contributed by atoms with Gasteiger partial charge in [-0.1, -0.05) is 0 Å². The van der Waals surface area contributed by atoms with Gasteiger partial charge in [-0.25, -0.2) is 4.39 Å². The van der Waals surface area contributed by atoms with Crippen molar-refractivity contribution in [1.29, 1.82) is 0 Å². The molecule has 0 saturated carbocycles. The molecule has 0 radical (unpaired) electrons. The average Bonchev–Trinajstić information content (AvgIpc) is 2.80. The third-order valence-corrected chi connectivity index (χ3v) is 3.00. The summed E-state index contributed by atoms with van der Waals surface area (Å²) in [6.07, 6.45) is -4.83. The fraction of sp³-hybridized carbons (Fsp3) is 0.0833. The van der Waals surface area contributed by atoms with Gasteiger partial charge in [-0.2, -0.15) is 24.5 Å². The Labute approximate surface area is 109 Å². The van der Waals surface area contributed by atoms with Gasteiger partial charge in [0.2, 0.25) is 0 Å². The van der Waals surface area contributed by atoms with E-state index in [0.717, 1.165) is 6.07 Å². The molecule has 0 atom stereocenters. The number of hydrogen-bond acceptors (Lipinski definition) is 2. The summed E-state index contributed by atoms with van der Waals surface area (Å²) in [6, 6.07) is 3.74. The van der Waals surface area contributed by atoms with Gasteiger partial charge in [0, 0.05) is 10.9 Å².